The minimum Gasteiger partial charge on any atom is -0.744 e. The number of fused-ring (bicyclic) bond motifs is 1. The van der Waals surface area contributed by atoms with Gasteiger partial charge in [-0.25, -0.2) is 16.8 Å². The van der Waals surface area contributed by atoms with Crippen LogP contribution in [-0.4, -0.2) is 25.9 Å². The van der Waals surface area contributed by atoms with Crippen LogP contribution in [-0.2, 0) is 20.2 Å². The Labute approximate surface area is 207 Å². The first-order valence-corrected chi connectivity index (χ1v) is 7.66. The molecule has 7 nitrogen and oxygen atoms in total. The van der Waals surface area contributed by atoms with Crippen molar-refractivity contribution >= 4 is 36.7 Å². The van der Waals surface area contributed by atoms with Crippen LogP contribution in [0.5, 0.6) is 0 Å². The number of hydrogen-bond donors (Lipinski definition) is 1. The van der Waals surface area contributed by atoms with Gasteiger partial charge in [-0.05, 0) is 23.6 Å². The molecule has 0 spiro atoms. The number of hydrogen-bond acceptors (Lipinski definition) is 7. The molecule has 102 valence electrons. The van der Waals surface area contributed by atoms with Crippen LogP contribution < -0.4 is 109 Å². The van der Waals surface area contributed by atoms with E-state index in [4.69, 9.17) is 5.73 Å². The summed E-state index contributed by atoms with van der Waals surface area (Å²) in [5, 5.41) is 0.1000. The predicted octanol–water partition coefficient (Wildman–Crippen LogP) is -5.76. The topological polar surface area (TPSA) is 140 Å². The number of nitrogen functional groups attached to an aromatic ring is 1. The second-order valence-corrected chi connectivity index (χ2v) is 6.47. The normalized spacial score (nSPS) is 11.5. The van der Waals surface area contributed by atoms with Crippen molar-refractivity contribution in [2.45, 2.75) is 9.79 Å². The molecule has 0 saturated heterocycles. The molecule has 0 fully saturated rings. The van der Waals surface area contributed by atoms with Gasteiger partial charge in [0.2, 0.25) is 0 Å². The first-order valence-electron chi connectivity index (χ1n) is 4.85. The Morgan fingerprint density at radius 1 is 0.857 bits per heavy atom. The van der Waals surface area contributed by atoms with E-state index in [1.54, 1.807) is 0 Å². The molecule has 0 bridgehead atoms. The monoisotopic (exact) mass is 379 g/mol. The summed E-state index contributed by atoms with van der Waals surface area (Å²) in [6, 6.07) is 5.73. The van der Waals surface area contributed by atoms with Crippen LogP contribution in [0.15, 0.2) is 40.1 Å². The number of rotatable bonds is 2. The van der Waals surface area contributed by atoms with Crippen molar-refractivity contribution in [2.24, 2.45) is 0 Å². The molecule has 21 heavy (non-hydrogen) atoms. The van der Waals surface area contributed by atoms with Crippen LogP contribution in [0, 0.1) is 0 Å². The molecule has 0 aliphatic rings. The van der Waals surface area contributed by atoms with E-state index >= 15 is 0 Å². The van der Waals surface area contributed by atoms with Crippen molar-refractivity contribution in [1.82, 2.24) is 0 Å². The van der Waals surface area contributed by atoms with Gasteiger partial charge in [0.05, 0.1) is 9.79 Å². The summed E-state index contributed by atoms with van der Waals surface area (Å²) in [7, 11) is -9.65. The van der Waals surface area contributed by atoms with E-state index in [0.29, 0.717) is 0 Å². The van der Waals surface area contributed by atoms with E-state index in [9.17, 15) is 25.9 Å². The van der Waals surface area contributed by atoms with Crippen LogP contribution in [0.1, 0.15) is 0 Å². The van der Waals surface area contributed by atoms with Crippen LogP contribution >= 0.6 is 0 Å². The van der Waals surface area contributed by atoms with Crippen LogP contribution in [0.4, 0.5) is 5.69 Å². The van der Waals surface area contributed by atoms with Gasteiger partial charge >= 0.3 is 103 Å². The van der Waals surface area contributed by atoms with Gasteiger partial charge in [-0.3, -0.25) is 0 Å². The maximum Gasteiger partial charge on any atom is 1.00 e. The van der Waals surface area contributed by atoms with Crippen molar-refractivity contribution in [3.63, 3.8) is 0 Å². The van der Waals surface area contributed by atoms with Gasteiger partial charge in [0.25, 0.3) is 0 Å². The smallest absolute Gasteiger partial charge is 0.744 e. The van der Waals surface area contributed by atoms with Crippen molar-refractivity contribution in [1.29, 1.82) is 0 Å². The van der Waals surface area contributed by atoms with E-state index in [2.05, 4.69) is 0 Å². The Kier molecular flexibility index (Phi) is 8.73. The predicted molar refractivity (Wildman–Crippen MR) is 64.3 cm³/mol. The molecular formula is C10H7K2NO6S2. The molecule has 11 heteroatoms. The molecule has 0 aliphatic carbocycles. The summed E-state index contributed by atoms with van der Waals surface area (Å²) in [5.41, 5.74) is 5.12. The SMILES string of the molecule is Nc1cc2cccc(S(=O)(=O)[O-])c2cc1S(=O)(=O)[O-].[K+].[K+]. The van der Waals surface area contributed by atoms with Crippen LogP contribution in [0.25, 0.3) is 10.8 Å². The van der Waals surface area contributed by atoms with Crippen molar-refractivity contribution in [3.05, 3.63) is 30.3 Å². The summed E-state index contributed by atoms with van der Waals surface area (Å²) in [5.74, 6) is 0. The molecule has 0 saturated carbocycles. The van der Waals surface area contributed by atoms with Crippen LogP contribution in [0.2, 0.25) is 0 Å². The maximum absolute atomic E-state index is 11.1. The van der Waals surface area contributed by atoms with Crippen molar-refractivity contribution < 1.29 is 129 Å². The summed E-state index contributed by atoms with van der Waals surface area (Å²) in [4.78, 5) is -1.36. The van der Waals surface area contributed by atoms with Gasteiger partial charge in [-0.1, -0.05) is 12.1 Å². The van der Waals surface area contributed by atoms with Crippen molar-refractivity contribution in [3.8, 4) is 0 Å². The summed E-state index contributed by atoms with van der Waals surface area (Å²) in [6.45, 7) is 0. The average Bonchev–Trinajstić information content (AvgIpc) is 2.24. The van der Waals surface area contributed by atoms with E-state index in [0.717, 1.165) is 18.2 Å². The first-order chi connectivity index (χ1) is 8.60. The van der Waals surface area contributed by atoms with E-state index in [1.165, 1.54) is 12.1 Å². The molecule has 2 aromatic carbocycles. The fourth-order valence-electron chi connectivity index (χ4n) is 1.73. The largest absolute Gasteiger partial charge is 1.00 e. The van der Waals surface area contributed by atoms with E-state index < -0.39 is 30.0 Å². The van der Waals surface area contributed by atoms with Crippen molar-refractivity contribution in [2.75, 3.05) is 5.73 Å². The molecule has 0 radical (unpaired) electrons. The Balaban J connectivity index is 0.00000200. The van der Waals surface area contributed by atoms with Gasteiger partial charge in [0, 0.05) is 11.1 Å². The minimum absolute atomic E-state index is 0. The number of anilines is 1. The zero-order chi connectivity index (χ0) is 14.4. The summed E-state index contributed by atoms with van der Waals surface area (Å²) >= 11 is 0. The van der Waals surface area contributed by atoms with Gasteiger partial charge in [-0.2, -0.15) is 0 Å². The van der Waals surface area contributed by atoms with Crippen LogP contribution in [0.3, 0.4) is 0 Å². The van der Waals surface area contributed by atoms with Gasteiger partial charge in [-0.15, -0.1) is 0 Å². The molecule has 0 unspecified atom stereocenters. The minimum atomic E-state index is -4.86. The summed E-state index contributed by atoms with van der Waals surface area (Å²) < 4.78 is 66.2. The number of nitrogens with two attached hydrogens (primary N) is 1. The third-order valence-corrected chi connectivity index (χ3v) is 4.30. The van der Waals surface area contributed by atoms with E-state index in [1.807, 2.05) is 0 Å². The number of benzene rings is 2. The van der Waals surface area contributed by atoms with Gasteiger partial charge < -0.3 is 14.8 Å². The molecule has 0 aliphatic heterocycles. The fraction of sp³-hybridized carbons (Fsp3) is 0. The maximum atomic E-state index is 11.1. The molecule has 0 aromatic heterocycles. The second kappa shape index (κ2) is 8.11. The Morgan fingerprint density at radius 3 is 1.86 bits per heavy atom. The quantitative estimate of drug-likeness (QED) is 0.311. The third-order valence-electron chi connectivity index (χ3n) is 2.51. The zero-order valence-corrected chi connectivity index (χ0v) is 19.1. The molecule has 0 amide bonds. The Hall–Kier alpha value is 1.59. The Morgan fingerprint density at radius 2 is 1.38 bits per heavy atom. The molecule has 2 N–H and O–H groups in total. The molecule has 2 rings (SSSR count). The summed E-state index contributed by atoms with van der Waals surface area (Å²) in [6.07, 6.45) is 0. The first kappa shape index (κ1) is 22.6. The Bertz CT molecular complexity index is 880. The zero-order valence-electron chi connectivity index (χ0n) is 11.2. The average molecular weight is 379 g/mol. The fourth-order valence-corrected chi connectivity index (χ4v) is 3.03. The van der Waals surface area contributed by atoms with E-state index in [-0.39, 0.29) is 119 Å². The van der Waals surface area contributed by atoms with Gasteiger partial charge in [0.1, 0.15) is 20.2 Å². The standard InChI is InChI=1S/C10H9NO6S2.2K/c11-8-4-6-2-1-3-9(18(12,13)14)7(6)5-10(8)19(15,16)17;;/h1-5H,11H2,(H,12,13,14)(H,15,16,17);;/q;2*+1/p-2. The third kappa shape index (κ3) is 5.29. The second-order valence-electron chi connectivity index (χ2n) is 3.78. The van der Waals surface area contributed by atoms with Gasteiger partial charge in [0.15, 0.2) is 0 Å². The molecule has 0 atom stereocenters. The molecule has 0 heterocycles. The molecule has 2 aromatic rings. The molecular weight excluding hydrogens is 372 g/mol.